The molecular weight excluding hydrogens is 542 g/mol. The molecule has 1 spiro atoms. The average molecular weight is 568 g/mol. The third kappa shape index (κ3) is 3.38. The fourth-order valence-corrected chi connectivity index (χ4v) is 6.35. The first kappa shape index (κ1) is 26.1. The smallest absolute Gasteiger partial charge is 0.336 e. The van der Waals surface area contributed by atoms with Crippen molar-refractivity contribution in [2.45, 2.75) is 31.8 Å². The Bertz CT molecular complexity index is 1580. The van der Waals surface area contributed by atoms with Gasteiger partial charge < -0.3 is 33.7 Å². The summed E-state index contributed by atoms with van der Waals surface area (Å²) in [5.74, 6) is -1.76. The number of rotatable bonds is 4. The maximum atomic E-state index is 14.7. The van der Waals surface area contributed by atoms with Crippen LogP contribution in [0.1, 0.15) is 42.1 Å². The summed E-state index contributed by atoms with van der Waals surface area (Å²) in [5.41, 5.74) is 0.328. The van der Waals surface area contributed by atoms with Gasteiger partial charge in [-0.25, -0.2) is 4.79 Å². The minimum absolute atomic E-state index is 0.0235. The third-order valence-electron chi connectivity index (χ3n) is 7.98. The van der Waals surface area contributed by atoms with E-state index in [2.05, 4.69) is 5.32 Å². The van der Waals surface area contributed by atoms with Crippen LogP contribution in [-0.2, 0) is 14.3 Å². The normalized spacial score (nSPS) is 24.4. The van der Waals surface area contributed by atoms with E-state index in [1.807, 2.05) is 0 Å². The zero-order chi connectivity index (χ0) is 28.5. The number of fused-ring (bicyclic) bond motifs is 2. The number of carbonyl (C=O) groups is 3. The Morgan fingerprint density at radius 1 is 1.05 bits per heavy atom. The molecule has 3 aliphatic heterocycles. The first-order chi connectivity index (χ1) is 19.2. The molecule has 40 heavy (non-hydrogen) atoms. The van der Waals surface area contributed by atoms with Gasteiger partial charge >= 0.3 is 5.97 Å². The molecule has 0 radical (unpaired) electrons. The summed E-state index contributed by atoms with van der Waals surface area (Å²) in [6.07, 6.45) is 0.282. The van der Waals surface area contributed by atoms with Gasteiger partial charge in [0.25, 0.3) is 0 Å². The minimum atomic E-state index is -1.94. The molecule has 0 bridgehead atoms. The molecule has 2 aromatic rings. The lowest BCUT2D eigenvalue weighted by atomic mass is 9.65. The van der Waals surface area contributed by atoms with Crippen LogP contribution in [0.25, 0.3) is 0 Å². The largest absolute Gasteiger partial charge is 0.496 e. The monoisotopic (exact) mass is 567 g/mol. The molecule has 0 fully saturated rings. The lowest BCUT2D eigenvalue weighted by Crippen LogP contribution is -2.58. The third-order valence-corrected chi connectivity index (χ3v) is 8.34. The van der Waals surface area contributed by atoms with E-state index in [0.29, 0.717) is 28.5 Å². The number of esters is 1. The van der Waals surface area contributed by atoms with E-state index >= 15 is 0 Å². The van der Waals surface area contributed by atoms with Gasteiger partial charge in [0.1, 0.15) is 22.1 Å². The highest BCUT2D eigenvalue weighted by Gasteiger charge is 2.63. The second kappa shape index (κ2) is 9.19. The molecule has 4 aliphatic rings. The number of methoxy groups -OCH3 is 3. The van der Waals surface area contributed by atoms with Crippen molar-refractivity contribution in [3.63, 3.8) is 0 Å². The van der Waals surface area contributed by atoms with Crippen LogP contribution in [0.3, 0.4) is 0 Å². The lowest BCUT2D eigenvalue weighted by Gasteiger charge is -2.42. The molecule has 0 saturated heterocycles. The fourth-order valence-electron chi connectivity index (χ4n) is 6.08. The van der Waals surface area contributed by atoms with Crippen LogP contribution in [0.4, 0.5) is 0 Å². The summed E-state index contributed by atoms with van der Waals surface area (Å²) in [7, 11) is 4.11. The van der Waals surface area contributed by atoms with Gasteiger partial charge in [-0.1, -0.05) is 24.6 Å². The van der Waals surface area contributed by atoms with E-state index in [4.69, 9.17) is 40.0 Å². The summed E-state index contributed by atoms with van der Waals surface area (Å²) in [6, 6.07) is 6.70. The quantitative estimate of drug-likeness (QED) is 0.427. The molecule has 3 heterocycles. The highest BCUT2D eigenvalue weighted by Crippen LogP contribution is 2.56. The second-order valence-electron chi connectivity index (χ2n) is 9.99. The van der Waals surface area contributed by atoms with Crippen molar-refractivity contribution in [1.29, 1.82) is 0 Å². The van der Waals surface area contributed by atoms with Crippen LogP contribution >= 0.6 is 11.6 Å². The Kier molecular flexibility index (Phi) is 5.99. The molecule has 11 heteroatoms. The van der Waals surface area contributed by atoms with E-state index in [-0.39, 0.29) is 52.2 Å². The molecule has 208 valence electrons. The summed E-state index contributed by atoms with van der Waals surface area (Å²) in [6.45, 7) is 3.58. The first-order valence-corrected chi connectivity index (χ1v) is 13.0. The molecular formula is C29H26ClNO9. The van der Waals surface area contributed by atoms with Crippen LogP contribution in [-0.4, -0.2) is 51.3 Å². The standard InChI is InChI=1S/C29H26ClNO9/c1-12-8-15-22(26(32)29(12)27(33)23-18(35-3)10-19(36-4)24(30)25(23)40-29)21(20(13(2)31-15)28(34)37-5)14-6-7-16-17(9-14)39-11-38-16/h6-7,9-10,12,21,31H,8,11H2,1-5H3. The summed E-state index contributed by atoms with van der Waals surface area (Å²) >= 11 is 6.58. The van der Waals surface area contributed by atoms with Crippen molar-refractivity contribution >= 4 is 29.1 Å². The molecule has 6 rings (SSSR count). The Hall–Kier alpha value is -4.18. The van der Waals surface area contributed by atoms with E-state index in [9.17, 15) is 14.4 Å². The number of ketones is 2. The van der Waals surface area contributed by atoms with E-state index in [1.165, 1.54) is 27.4 Å². The maximum Gasteiger partial charge on any atom is 0.336 e. The number of allylic oxidation sites excluding steroid dienone is 2. The second-order valence-corrected chi connectivity index (χ2v) is 10.4. The van der Waals surface area contributed by atoms with Crippen molar-refractivity contribution < 1.29 is 42.8 Å². The van der Waals surface area contributed by atoms with Crippen molar-refractivity contribution in [1.82, 2.24) is 5.32 Å². The minimum Gasteiger partial charge on any atom is -0.496 e. The number of benzene rings is 2. The molecule has 3 atom stereocenters. The summed E-state index contributed by atoms with van der Waals surface area (Å²) in [5, 5.41) is 3.29. The number of ether oxygens (including phenoxy) is 6. The van der Waals surface area contributed by atoms with Gasteiger partial charge in [-0.3, -0.25) is 9.59 Å². The Morgan fingerprint density at radius 3 is 2.48 bits per heavy atom. The molecule has 2 aromatic carbocycles. The Balaban J connectivity index is 1.54. The van der Waals surface area contributed by atoms with E-state index in [0.717, 1.165) is 0 Å². The predicted molar refractivity (Wildman–Crippen MR) is 141 cm³/mol. The number of hydrogen-bond donors (Lipinski definition) is 1. The van der Waals surface area contributed by atoms with Gasteiger partial charge in [0.2, 0.25) is 24.0 Å². The first-order valence-electron chi connectivity index (χ1n) is 12.6. The van der Waals surface area contributed by atoms with Crippen molar-refractivity contribution in [3.8, 4) is 28.7 Å². The molecule has 0 saturated carbocycles. The molecule has 1 N–H and O–H groups in total. The van der Waals surface area contributed by atoms with Crippen LogP contribution < -0.4 is 29.0 Å². The summed E-state index contributed by atoms with van der Waals surface area (Å²) < 4.78 is 33.3. The molecule has 10 nitrogen and oxygen atoms in total. The lowest BCUT2D eigenvalue weighted by molar-refractivity contribution is -0.136. The average Bonchev–Trinajstić information content (AvgIpc) is 3.54. The number of Topliss-reactive ketones (excluding diaryl/α,β-unsaturated/α-hetero) is 2. The van der Waals surface area contributed by atoms with Gasteiger partial charge in [0.05, 0.1) is 26.9 Å². The number of hydrogen-bond acceptors (Lipinski definition) is 10. The van der Waals surface area contributed by atoms with Crippen LogP contribution in [0.15, 0.2) is 46.8 Å². The number of carbonyl (C=O) groups excluding carboxylic acids is 3. The van der Waals surface area contributed by atoms with Gasteiger partial charge in [0, 0.05) is 34.9 Å². The van der Waals surface area contributed by atoms with Crippen LogP contribution in [0.5, 0.6) is 28.7 Å². The van der Waals surface area contributed by atoms with Crippen LogP contribution in [0.2, 0.25) is 5.02 Å². The van der Waals surface area contributed by atoms with E-state index < -0.39 is 35.0 Å². The fraction of sp³-hybridized carbons (Fsp3) is 0.345. The highest BCUT2D eigenvalue weighted by atomic mass is 35.5. The topological polar surface area (TPSA) is 119 Å². The molecule has 3 unspecified atom stereocenters. The Labute approximate surface area is 234 Å². The predicted octanol–water partition coefficient (Wildman–Crippen LogP) is 4.10. The molecule has 1 aliphatic carbocycles. The zero-order valence-electron chi connectivity index (χ0n) is 22.4. The van der Waals surface area contributed by atoms with Crippen molar-refractivity contribution in [3.05, 3.63) is 63.0 Å². The van der Waals surface area contributed by atoms with Gasteiger partial charge in [-0.05, 0) is 31.0 Å². The van der Waals surface area contributed by atoms with Gasteiger partial charge in [-0.15, -0.1) is 0 Å². The maximum absolute atomic E-state index is 14.7. The SMILES string of the molecule is COC(=O)C1=C(C)NC2=C(C(=O)C3(Oc4c(Cl)c(OC)cc(OC)c4C3=O)C(C)C2)C1c1ccc2c(c1)OCO2. The van der Waals surface area contributed by atoms with Gasteiger partial charge in [-0.2, -0.15) is 0 Å². The Morgan fingerprint density at radius 2 is 1.77 bits per heavy atom. The number of nitrogens with one attached hydrogen (secondary N) is 1. The van der Waals surface area contributed by atoms with E-state index in [1.54, 1.807) is 32.0 Å². The molecule has 0 amide bonds. The van der Waals surface area contributed by atoms with Gasteiger partial charge in [0.15, 0.2) is 17.2 Å². The zero-order valence-corrected chi connectivity index (χ0v) is 23.2. The molecule has 0 aromatic heterocycles. The van der Waals surface area contributed by atoms with Crippen LogP contribution in [0, 0.1) is 5.92 Å². The van der Waals surface area contributed by atoms with Crippen molar-refractivity contribution in [2.24, 2.45) is 5.92 Å². The number of halogens is 1. The summed E-state index contributed by atoms with van der Waals surface area (Å²) in [4.78, 5) is 42.1. The number of dihydropyridines is 1. The highest BCUT2D eigenvalue weighted by molar-refractivity contribution is 6.36. The van der Waals surface area contributed by atoms with Crippen molar-refractivity contribution in [2.75, 3.05) is 28.1 Å².